The van der Waals surface area contributed by atoms with E-state index in [2.05, 4.69) is 15.2 Å². The standard InChI is InChI=1S/C19H15ClN4O4/c1-27-16-5-3-12(9-14(16)20)19-22-18(23-28-19)11-2-4-15-13(8-11)10-21-24(15)7-6-17(25)26/h2-5,8-10H,6-7H2,1H3,(H,25,26). The molecule has 0 amide bonds. The summed E-state index contributed by atoms with van der Waals surface area (Å²) in [6.07, 6.45) is 1.70. The highest BCUT2D eigenvalue weighted by Gasteiger charge is 2.14. The van der Waals surface area contributed by atoms with E-state index in [0.29, 0.717) is 34.6 Å². The summed E-state index contributed by atoms with van der Waals surface area (Å²) in [5.41, 5.74) is 2.29. The van der Waals surface area contributed by atoms with E-state index >= 15 is 0 Å². The van der Waals surface area contributed by atoms with Crippen LogP contribution in [0.3, 0.4) is 0 Å². The maximum Gasteiger partial charge on any atom is 0.305 e. The van der Waals surface area contributed by atoms with Gasteiger partial charge in [0.15, 0.2) is 0 Å². The first kappa shape index (κ1) is 18.0. The molecule has 0 spiro atoms. The number of hydrogen-bond acceptors (Lipinski definition) is 6. The first-order valence-corrected chi connectivity index (χ1v) is 8.78. The Bertz CT molecular complexity index is 1170. The van der Waals surface area contributed by atoms with E-state index in [1.165, 1.54) is 0 Å². The molecule has 0 saturated heterocycles. The lowest BCUT2D eigenvalue weighted by Crippen LogP contribution is -2.05. The van der Waals surface area contributed by atoms with Gasteiger partial charge in [0.25, 0.3) is 5.89 Å². The highest BCUT2D eigenvalue weighted by molar-refractivity contribution is 6.32. The maximum atomic E-state index is 10.8. The topological polar surface area (TPSA) is 103 Å². The molecule has 0 radical (unpaired) electrons. The van der Waals surface area contributed by atoms with Crippen molar-refractivity contribution < 1.29 is 19.2 Å². The minimum absolute atomic E-state index is 0.0111. The van der Waals surface area contributed by atoms with Crippen molar-refractivity contribution in [1.29, 1.82) is 0 Å². The van der Waals surface area contributed by atoms with Gasteiger partial charge in [-0.25, -0.2) is 0 Å². The Hall–Kier alpha value is -3.39. The Kier molecular flexibility index (Phi) is 4.70. The van der Waals surface area contributed by atoms with Crippen LogP contribution < -0.4 is 4.74 Å². The van der Waals surface area contributed by atoms with Gasteiger partial charge in [0, 0.05) is 16.5 Å². The van der Waals surface area contributed by atoms with Gasteiger partial charge >= 0.3 is 5.97 Å². The number of aryl methyl sites for hydroxylation is 1. The molecule has 28 heavy (non-hydrogen) atoms. The van der Waals surface area contributed by atoms with Gasteiger partial charge < -0.3 is 14.4 Å². The van der Waals surface area contributed by atoms with Crippen LogP contribution in [-0.4, -0.2) is 38.1 Å². The molecule has 4 rings (SSSR count). The Morgan fingerprint density at radius 2 is 2.07 bits per heavy atom. The average molecular weight is 399 g/mol. The third-order valence-electron chi connectivity index (χ3n) is 4.26. The van der Waals surface area contributed by atoms with Crippen LogP contribution in [0.25, 0.3) is 33.7 Å². The Morgan fingerprint density at radius 3 is 2.82 bits per heavy atom. The van der Waals surface area contributed by atoms with Gasteiger partial charge in [0.2, 0.25) is 5.82 Å². The first-order chi connectivity index (χ1) is 13.5. The second kappa shape index (κ2) is 7.32. The van der Waals surface area contributed by atoms with Gasteiger partial charge in [-0.1, -0.05) is 16.8 Å². The SMILES string of the molecule is COc1ccc(-c2nc(-c3ccc4c(cnn4CCC(=O)O)c3)no2)cc1Cl. The quantitative estimate of drug-likeness (QED) is 0.525. The largest absolute Gasteiger partial charge is 0.495 e. The van der Waals surface area contributed by atoms with Crippen LogP contribution in [0.15, 0.2) is 47.1 Å². The van der Waals surface area contributed by atoms with E-state index in [9.17, 15) is 4.79 Å². The smallest absolute Gasteiger partial charge is 0.305 e. The Labute approximate surface area is 164 Å². The first-order valence-electron chi connectivity index (χ1n) is 8.40. The monoisotopic (exact) mass is 398 g/mol. The van der Waals surface area contributed by atoms with Crippen molar-refractivity contribution in [3.05, 3.63) is 47.6 Å². The minimum atomic E-state index is -0.863. The predicted molar refractivity (Wildman–Crippen MR) is 102 cm³/mol. The van der Waals surface area contributed by atoms with Crippen LogP contribution in [-0.2, 0) is 11.3 Å². The summed E-state index contributed by atoms with van der Waals surface area (Å²) in [5.74, 6) is 0.479. The van der Waals surface area contributed by atoms with Gasteiger partial charge in [0.05, 0.1) is 36.8 Å². The number of ether oxygens (including phenoxy) is 1. The molecular weight excluding hydrogens is 384 g/mol. The zero-order chi connectivity index (χ0) is 19.7. The van der Waals surface area contributed by atoms with Crippen LogP contribution in [0, 0.1) is 0 Å². The Balaban J connectivity index is 1.62. The normalized spacial score (nSPS) is 11.1. The van der Waals surface area contributed by atoms with Crippen molar-refractivity contribution in [2.75, 3.05) is 7.11 Å². The summed E-state index contributed by atoms with van der Waals surface area (Å²) in [5, 5.41) is 18.4. The highest BCUT2D eigenvalue weighted by atomic mass is 35.5. The van der Waals surface area contributed by atoms with Gasteiger partial charge in [-0.15, -0.1) is 0 Å². The molecule has 8 nitrogen and oxygen atoms in total. The van der Waals surface area contributed by atoms with Crippen LogP contribution in [0.2, 0.25) is 5.02 Å². The van der Waals surface area contributed by atoms with Crippen molar-refractivity contribution in [2.45, 2.75) is 13.0 Å². The molecule has 0 aliphatic heterocycles. The molecule has 2 aromatic carbocycles. The lowest BCUT2D eigenvalue weighted by Gasteiger charge is -2.03. The zero-order valence-corrected chi connectivity index (χ0v) is 15.6. The maximum absolute atomic E-state index is 10.8. The molecule has 2 heterocycles. The molecule has 0 saturated carbocycles. The third-order valence-corrected chi connectivity index (χ3v) is 4.56. The van der Waals surface area contributed by atoms with E-state index < -0.39 is 5.97 Å². The number of methoxy groups -OCH3 is 1. The van der Waals surface area contributed by atoms with E-state index in [0.717, 1.165) is 16.5 Å². The second-order valence-corrected chi connectivity index (χ2v) is 6.46. The van der Waals surface area contributed by atoms with E-state index in [-0.39, 0.29) is 6.42 Å². The third kappa shape index (κ3) is 3.41. The summed E-state index contributed by atoms with van der Waals surface area (Å²) in [6, 6.07) is 10.8. The summed E-state index contributed by atoms with van der Waals surface area (Å²) < 4.78 is 12.2. The van der Waals surface area contributed by atoms with Gasteiger partial charge in [-0.3, -0.25) is 9.48 Å². The number of carbonyl (C=O) groups is 1. The van der Waals surface area contributed by atoms with Crippen LogP contribution in [0.1, 0.15) is 6.42 Å². The number of fused-ring (bicyclic) bond motifs is 1. The fraction of sp³-hybridized carbons (Fsp3) is 0.158. The zero-order valence-electron chi connectivity index (χ0n) is 14.8. The summed E-state index contributed by atoms with van der Waals surface area (Å²) in [6.45, 7) is 0.308. The number of aliphatic carboxylic acids is 1. The van der Waals surface area contributed by atoms with Crippen LogP contribution >= 0.6 is 11.6 Å². The molecule has 0 unspecified atom stereocenters. The number of hydrogen-bond donors (Lipinski definition) is 1. The van der Waals surface area contributed by atoms with Crippen LogP contribution in [0.5, 0.6) is 5.75 Å². The fourth-order valence-electron chi connectivity index (χ4n) is 2.86. The molecule has 0 bridgehead atoms. The van der Waals surface area contributed by atoms with Gasteiger partial charge in [-0.05, 0) is 36.4 Å². The van der Waals surface area contributed by atoms with Crippen LogP contribution in [0.4, 0.5) is 0 Å². The molecule has 142 valence electrons. The lowest BCUT2D eigenvalue weighted by molar-refractivity contribution is -0.137. The summed E-state index contributed by atoms with van der Waals surface area (Å²) in [7, 11) is 1.55. The Morgan fingerprint density at radius 1 is 1.25 bits per heavy atom. The molecule has 4 aromatic rings. The predicted octanol–water partition coefficient (Wildman–Crippen LogP) is 3.89. The van der Waals surface area contributed by atoms with Gasteiger partial charge in [0.1, 0.15) is 5.75 Å². The molecule has 1 N–H and O–H groups in total. The number of benzene rings is 2. The highest BCUT2D eigenvalue weighted by Crippen LogP contribution is 2.31. The average Bonchev–Trinajstić information content (AvgIpc) is 3.33. The lowest BCUT2D eigenvalue weighted by atomic mass is 10.1. The number of rotatable bonds is 6. The number of aromatic nitrogens is 4. The van der Waals surface area contributed by atoms with E-state index in [4.69, 9.17) is 26.0 Å². The van der Waals surface area contributed by atoms with Crippen molar-refractivity contribution >= 4 is 28.5 Å². The van der Waals surface area contributed by atoms with E-state index in [1.54, 1.807) is 36.2 Å². The molecule has 0 aliphatic rings. The number of carboxylic acid groups (broad SMARTS) is 1. The van der Waals surface area contributed by atoms with Crippen molar-refractivity contribution in [2.24, 2.45) is 0 Å². The van der Waals surface area contributed by atoms with E-state index in [1.807, 2.05) is 18.2 Å². The summed E-state index contributed by atoms with van der Waals surface area (Å²) >= 11 is 6.16. The molecular formula is C19H15ClN4O4. The number of carboxylic acids is 1. The minimum Gasteiger partial charge on any atom is -0.495 e. The van der Waals surface area contributed by atoms with Crippen molar-refractivity contribution in [1.82, 2.24) is 19.9 Å². The number of halogens is 1. The molecule has 0 aliphatic carbocycles. The molecule has 0 fully saturated rings. The second-order valence-electron chi connectivity index (χ2n) is 6.06. The molecule has 9 heteroatoms. The summed E-state index contributed by atoms with van der Waals surface area (Å²) in [4.78, 5) is 15.2. The number of nitrogens with zero attached hydrogens (tertiary/aromatic N) is 4. The molecule has 2 aromatic heterocycles. The fourth-order valence-corrected chi connectivity index (χ4v) is 3.12. The van der Waals surface area contributed by atoms with Crippen molar-refractivity contribution in [3.8, 4) is 28.6 Å². The van der Waals surface area contributed by atoms with Crippen molar-refractivity contribution in [3.63, 3.8) is 0 Å². The molecule has 0 atom stereocenters. The van der Waals surface area contributed by atoms with Gasteiger partial charge in [-0.2, -0.15) is 10.1 Å².